The molecule has 0 aliphatic rings. The van der Waals surface area contributed by atoms with Crippen molar-refractivity contribution in [3.05, 3.63) is 57.9 Å². The van der Waals surface area contributed by atoms with E-state index >= 15 is 0 Å². The van der Waals surface area contributed by atoms with E-state index in [1.54, 1.807) is 12.1 Å². The molecule has 0 amide bonds. The van der Waals surface area contributed by atoms with Gasteiger partial charge in [0.1, 0.15) is 11.5 Å². The van der Waals surface area contributed by atoms with Crippen LogP contribution in [0.15, 0.2) is 36.5 Å². The van der Waals surface area contributed by atoms with Gasteiger partial charge in [-0.2, -0.15) is 0 Å². The van der Waals surface area contributed by atoms with Crippen molar-refractivity contribution >= 4 is 12.0 Å². The van der Waals surface area contributed by atoms with Gasteiger partial charge in [-0.3, -0.25) is 19.9 Å². The zero-order chi connectivity index (χ0) is 13.8. The minimum absolute atomic E-state index is 0.120. The summed E-state index contributed by atoms with van der Waals surface area (Å²) in [6.07, 6.45) is 2.04. The van der Waals surface area contributed by atoms with Crippen molar-refractivity contribution < 1.29 is 14.5 Å². The fourth-order valence-electron chi connectivity index (χ4n) is 1.48. The molecule has 0 aliphatic heterocycles. The number of ether oxygens (including phenoxy) is 1. The highest BCUT2D eigenvalue weighted by Crippen LogP contribution is 2.27. The third kappa shape index (κ3) is 2.92. The summed E-state index contributed by atoms with van der Waals surface area (Å²) in [5, 5.41) is 10.6. The van der Waals surface area contributed by atoms with Gasteiger partial charge in [0.25, 0.3) is 5.69 Å². The van der Waals surface area contributed by atoms with Crippen molar-refractivity contribution in [2.45, 2.75) is 6.92 Å². The molecule has 1 aromatic carbocycles. The van der Waals surface area contributed by atoms with Gasteiger partial charge in [0.15, 0.2) is 6.29 Å². The molecule has 0 radical (unpaired) electrons. The monoisotopic (exact) mass is 258 g/mol. The second-order valence-corrected chi connectivity index (χ2v) is 3.83. The van der Waals surface area contributed by atoms with Gasteiger partial charge in [0.2, 0.25) is 0 Å². The summed E-state index contributed by atoms with van der Waals surface area (Å²) in [7, 11) is 0. The quantitative estimate of drug-likeness (QED) is 0.478. The Bertz CT molecular complexity index is 623. The predicted molar refractivity (Wildman–Crippen MR) is 67.5 cm³/mol. The van der Waals surface area contributed by atoms with Gasteiger partial charge in [-0.05, 0) is 25.1 Å². The van der Waals surface area contributed by atoms with Gasteiger partial charge in [0.05, 0.1) is 16.7 Å². The number of hydrogen-bond donors (Lipinski definition) is 0. The third-order valence-corrected chi connectivity index (χ3v) is 2.44. The van der Waals surface area contributed by atoms with E-state index in [0.29, 0.717) is 12.0 Å². The number of aryl methyl sites for hydroxylation is 1. The van der Waals surface area contributed by atoms with Gasteiger partial charge in [-0.25, -0.2) is 0 Å². The van der Waals surface area contributed by atoms with Gasteiger partial charge in [-0.1, -0.05) is 0 Å². The van der Waals surface area contributed by atoms with Crippen LogP contribution in [-0.4, -0.2) is 16.2 Å². The molecule has 2 aromatic rings. The largest absolute Gasteiger partial charge is 0.455 e. The number of nitro benzene ring substituents is 1. The van der Waals surface area contributed by atoms with Crippen LogP contribution in [-0.2, 0) is 0 Å². The Morgan fingerprint density at radius 3 is 2.68 bits per heavy atom. The lowest BCUT2D eigenvalue weighted by molar-refractivity contribution is -0.384. The summed E-state index contributed by atoms with van der Waals surface area (Å²) in [5.74, 6) is 0.716. The van der Waals surface area contributed by atoms with E-state index in [1.807, 2.05) is 6.92 Å². The topological polar surface area (TPSA) is 82.3 Å². The average Bonchev–Trinajstić information content (AvgIpc) is 2.41. The average molecular weight is 258 g/mol. The van der Waals surface area contributed by atoms with Crippen LogP contribution in [0.5, 0.6) is 11.5 Å². The first kappa shape index (κ1) is 12.7. The molecule has 19 heavy (non-hydrogen) atoms. The standard InChI is InChI=1S/C13H10N2O4/c1-9-2-4-12(7-14-9)19-13-5-3-11(15(17)18)6-10(13)8-16/h2-8H,1H3. The Labute approximate surface area is 108 Å². The van der Waals surface area contributed by atoms with Gasteiger partial charge >= 0.3 is 0 Å². The molecule has 0 bridgehead atoms. The molecule has 0 N–H and O–H groups in total. The lowest BCUT2D eigenvalue weighted by atomic mass is 10.2. The predicted octanol–water partition coefficient (Wildman–Crippen LogP) is 2.90. The highest BCUT2D eigenvalue weighted by molar-refractivity contribution is 5.80. The van der Waals surface area contributed by atoms with Crippen molar-refractivity contribution in [1.82, 2.24) is 4.98 Å². The summed E-state index contributed by atoms with van der Waals surface area (Å²) in [6, 6.07) is 7.31. The number of benzene rings is 1. The van der Waals surface area contributed by atoms with Crippen molar-refractivity contribution in [3.63, 3.8) is 0 Å². The first-order valence-electron chi connectivity index (χ1n) is 5.44. The molecule has 2 rings (SSSR count). The number of carbonyl (C=O) groups excluding carboxylic acids is 1. The minimum Gasteiger partial charge on any atom is -0.455 e. The van der Waals surface area contributed by atoms with Gasteiger partial charge < -0.3 is 4.74 Å². The van der Waals surface area contributed by atoms with Gasteiger partial charge in [-0.15, -0.1) is 0 Å². The lowest BCUT2D eigenvalue weighted by Gasteiger charge is -2.07. The number of aldehydes is 1. The van der Waals surface area contributed by atoms with Gasteiger partial charge in [0, 0.05) is 17.8 Å². The van der Waals surface area contributed by atoms with Crippen molar-refractivity contribution in [1.29, 1.82) is 0 Å². The molecular weight excluding hydrogens is 248 g/mol. The third-order valence-electron chi connectivity index (χ3n) is 2.44. The summed E-state index contributed by atoms with van der Waals surface area (Å²) in [5.41, 5.74) is 0.804. The fourth-order valence-corrected chi connectivity index (χ4v) is 1.48. The number of pyridine rings is 1. The fraction of sp³-hybridized carbons (Fsp3) is 0.0769. The summed E-state index contributed by atoms with van der Waals surface area (Å²) in [4.78, 5) is 25.0. The molecule has 0 unspecified atom stereocenters. The number of rotatable bonds is 4. The Balaban J connectivity index is 2.32. The molecule has 0 saturated carbocycles. The number of non-ortho nitro benzene ring substituents is 1. The SMILES string of the molecule is Cc1ccc(Oc2ccc([N+](=O)[O-])cc2C=O)cn1. The Morgan fingerprint density at radius 2 is 2.11 bits per heavy atom. The van der Waals surface area contributed by atoms with Crippen LogP contribution < -0.4 is 4.74 Å². The Kier molecular flexibility index (Phi) is 3.51. The maximum Gasteiger partial charge on any atom is 0.270 e. The molecule has 96 valence electrons. The summed E-state index contributed by atoms with van der Waals surface area (Å²) in [6.45, 7) is 1.84. The van der Waals surface area contributed by atoms with E-state index in [1.165, 1.54) is 24.4 Å². The van der Waals surface area contributed by atoms with Crippen LogP contribution in [0.4, 0.5) is 5.69 Å². The van der Waals surface area contributed by atoms with E-state index in [9.17, 15) is 14.9 Å². The maximum atomic E-state index is 10.9. The molecule has 6 nitrogen and oxygen atoms in total. The first-order chi connectivity index (χ1) is 9.10. The van der Waals surface area contributed by atoms with E-state index in [-0.39, 0.29) is 17.0 Å². The van der Waals surface area contributed by atoms with E-state index in [0.717, 1.165) is 5.69 Å². The molecule has 6 heteroatoms. The van der Waals surface area contributed by atoms with Crippen LogP contribution in [0.1, 0.15) is 16.1 Å². The number of nitro groups is 1. The Hall–Kier alpha value is -2.76. The summed E-state index contributed by atoms with van der Waals surface area (Å²) < 4.78 is 5.47. The molecular formula is C13H10N2O4. The number of nitrogens with zero attached hydrogens (tertiary/aromatic N) is 2. The van der Waals surface area contributed by atoms with E-state index in [4.69, 9.17) is 4.74 Å². The van der Waals surface area contributed by atoms with Crippen LogP contribution in [0.25, 0.3) is 0 Å². The van der Waals surface area contributed by atoms with Crippen LogP contribution in [0.3, 0.4) is 0 Å². The van der Waals surface area contributed by atoms with Crippen molar-refractivity contribution in [3.8, 4) is 11.5 Å². The highest BCUT2D eigenvalue weighted by Gasteiger charge is 2.12. The molecule has 0 spiro atoms. The zero-order valence-electron chi connectivity index (χ0n) is 10.1. The van der Waals surface area contributed by atoms with Crippen molar-refractivity contribution in [2.75, 3.05) is 0 Å². The van der Waals surface area contributed by atoms with E-state index < -0.39 is 4.92 Å². The van der Waals surface area contributed by atoms with Crippen LogP contribution in [0, 0.1) is 17.0 Å². The molecule has 0 fully saturated rings. The van der Waals surface area contributed by atoms with Crippen LogP contribution in [0.2, 0.25) is 0 Å². The number of aromatic nitrogens is 1. The first-order valence-corrected chi connectivity index (χ1v) is 5.44. The molecule has 0 saturated heterocycles. The number of hydrogen-bond acceptors (Lipinski definition) is 5. The number of carbonyl (C=O) groups is 1. The maximum absolute atomic E-state index is 10.9. The second kappa shape index (κ2) is 5.26. The lowest BCUT2D eigenvalue weighted by Crippen LogP contribution is -1.94. The van der Waals surface area contributed by atoms with E-state index in [2.05, 4.69) is 4.98 Å². The highest BCUT2D eigenvalue weighted by atomic mass is 16.6. The zero-order valence-corrected chi connectivity index (χ0v) is 10.1. The Morgan fingerprint density at radius 1 is 1.32 bits per heavy atom. The molecule has 1 aromatic heterocycles. The van der Waals surface area contributed by atoms with Crippen LogP contribution >= 0.6 is 0 Å². The molecule has 0 aliphatic carbocycles. The molecule has 1 heterocycles. The minimum atomic E-state index is -0.565. The van der Waals surface area contributed by atoms with Crippen molar-refractivity contribution in [2.24, 2.45) is 0 Å². The second-order valence-electron chi connectivity index (χ2n) is 3.83. The summed E-state index contributed by atoms with van der Waals surface area (Å²) >= 11 is 0. The smallest absolute Gasteiger partial charge is 0.270 e. The molecule has 0 atom stereocenters. The normalized spacial score (nSPS) is 9.95.